The molecule has 8 heteroatoms. The first-order valence-electron chi connectivity index (χ1n) is 6.64. The fraction of sp³-hybridized carbons (Fsp3) is 0.538. The van der Waals surface area contributed by atoms with Gasteiger partial charge in [0.15, 0.2) is 0 Å². The Bertz CT molecular complexity index is 609. The number of halogens is 2. The van der Waals surface area contributed by atoms with Crippen LogP contribution >= 0.6 is 23.2 Å². The van der Waals surface area contributed by atoms with Crippen molar-refractivity contribution < 1.29 is 13.2 Å². The quantitative estimate of drug-likeness (QED) is 0.836. The summed E-state index contributed by atoms with van der Waals surface area (Å²) in [4.78, 5) is 0. The zero-order valence-corrected chi connectivity index (χ0v) is 14.2. The summed E-state index contributed by atoms with van der Waals surface area (Å²) < 4.78 is 33.2. The summed E-state index contributed by atoms with van der Waals surface area (Å²) in [5.41, 5.74) is 0.823. The van der Waals surface area contributed by atoms with Gasteiger partial charge in [0.2, 0.25) is 0 Å². The van der Waals surface area contributed by atoms with E-state index in [4.69, 9.17) is 27.9 Å². The van der Waals surface area contributed by atoms with Crippen LogP contribution in [0.15, 0.2) is 18.2 Å². The maximum Gasteiger partial charge on any atom is 0.281 e. The summed E-state index contributed by atoms with van der Waals surface area (Å²) in [6, 6.07) is 5.21. The summed E-state index contributed by atoms with van der Waals surface area (Å²) in [5, 5.41) is 0.898. The average Bonchev–Trinajstić information content (AvgIpc) is 2.49. The second-order valence-electron chi connectivity index (χ2n) is 4.81. The van der Waals surface area contributed by atoms with E-state index < -0.39 is 10.2 Å². The molecule has 0 amide bonds. The van der Waals surface area contributed by atoms with E-state index in [1.807, 2.05) is 0 Å². The van der Waals surface area contributed by atoms with Crippen LogP contribution in [0.2, 0.25) is 10.0 Å². The van der Waals surface area contributed by atoms with Gasteiger partial charge in [-0.2, -0.15) is 17.0 Å². The molecule has 0 bridgehead atoms. The van der Waals surface area contributed by atoms with Gasteiger partial charge < -0.3 is 4.74 Å². The van der Waals surface area contributed by atoms with E-state index in [0.29, 0.717) is 29.7 Å². The van der Waals surface area contributed by atoms with Crippen LogP contribution in [0.4, 0.5) is 0 Å². The molecule has 1 fully saturated rings. The predicted octanol–water partition coefficient (Wildman–Crippen LogP) is 2.56. The normalized spacial score (nSPS) is 20.9. The first-order valence-corrected chi connectivity index (χ1v) is 8.79. The number of ether oxygens (including phenoxy) is 1. The average molecular weight is 353 g/mol. The molecule has 21 heavy (non-hydrogen) atoms. The van der Waals surface area contributed by atoms with Gasteiger partial charge in [0.05, 0.1) is 22.8 Å². The van der Waals surface area contributed by atoms with Crippen molar-refractivity contribution in [2.75, 3.05) is 33.3 Å². The van der Waals surface area contributed by atoms with Gasteiger partial charge in [-0.1, -0.05) is 36.2 Å². The Morgan fingerprint density at radius 1 is 1.38 bits per heavy atom. The fourth-order valence-corrected chi connectivity index (χ4v) is 3.77. The van der Waals surface area contributed by atoms with Gasteiger partial charge in [0.1, 0.15) is 0 Å². The van der Waals surface area contributed by atoms with Crippen molar-refractivity contribution in [1.29, 1.82) is 0 Å². The van der Waals surface area contributed by atoms with Crippen LogP contribution in [-0.2, 0) is 14.9 Å². The van der Waals surface area contributed by atoms with Crippen molar-refractivity contribution in [3.8, 4) is 0 Å². The molecule has 1 heterocycles. The summed E-state index contributed by atoms with van der Waals surface area (Å²) in [6.45, 7) is 3.20. The van der Waals surface area contributed by atoms with Crippen molar-refractivity contribution in [1.82, 2.24) is 8.61 Å². The third kappa shape index (κ3) is 3.70. The molecule has 0 aromatic heterocycles. The molecule has 0 unspecified atom stereocenters. The zero-order valence-electron chi connectivity index (χ0n) is 11.9. The molecule has 1 aliphatic rings. The van der Waals surface area contributed by atoms with E-state index in [0.717, 1.165) is 5.56 Å². The molecule has 1 atom stereocenters. The number of morpholine rings is 1. The minimum absolute atomic E-state index is 0.268. The molecule has 0 aliphatic carbocycles. The Hall–Kier alpha value is -0.370. The molecular formula is C13H18Cl2N2O3S. The molecule has 2 rings (SSSR count). The van der Waals surface area contributed by atoms with E-state index in [2.05, 4.69) is 0 Å². The smallest absolute Gasteiger partial charge is 0.281 e. The van der Waals surface area contributed by atoms with Gasteiger partial charge in [0.25, 0.3) is 10.2 Å². The van der Waals surface area contributed by atoms with Gasteiger partial charge in [-0.15, -0.1) is 0 Å². The SMILES string of the molecule is CCN(C)S(=O)(=O)N1CCO[C@H](c2ccc(Cl)c(Cl)c2)C1. The summed E-state index contributed by atoms with van der Waals surface area (Å²) >= 11 is 11.9. The molecule has 0 saturated carbocycles. The van der Waals surface area contributed by atoms with Crippen molar-refractivity contribution in [2.45, 2.75) is 13.0 Å². The van der Waals surface area contributed by atoms with Crippen LogP contribution in [0.25, 0.3) is 0 Å². The Kier molecular flexibility index (Phi) is 5.51. The van der Waals surface area contributed by atoms with Gasteiger partial charge in [-0.25, -0.2) is 0 Å². The van der Waals surface area contributed by atoms with Crippen LogP contribution in [0.3, 0.4) is 0 Å². The van der Waals surface area contributed by atoms with E-state index >= 15 is 0 Å². The molecule has 118 valence electrons. The van der Waals surface area contributed by atoms with Crippen LogP contribution < -0.4 is 0 Å². The van der Waals surface area contributed by atoms with Crippen LogP contribution in [0.1, 0.15) is 18.6 Å². The van der Waals surface area contributed by atoms with Crippen molar-refractivity contribution in [2.24, 2.45) is 0 Å². The van der Waals surface area contributed by atoms with E-state index in [1.54, 1.807) is 32.2 Å². The zero-order chi connectivity index (χ0) is 15.6. The molecule has 5 nitrogen and oxygen atoms in total. The minimum atomic E-state index is -3.44. The summed E-state index contributed by atoms with van der Waals surface area (Å²) in [7, 11) is -1.88. The van der Waals surface area contributed by atoms with Crippen LogP contribution in [-0.4, -0.2) is 50.3 Å². The monoisotopic (exact) mass is 352 g/mol. The third-order valence-electron chi connectivity index (χ3n) is 3.51. The number of hydrogen-bond donors (Lipinski definition) is 0. The van der Waals surface area contributed by atoms with Gasteiger partial charge in [0, 0.05) is 26.7 Å². The molecule has 1 aromatic carbocycles. The summed E-state index contributed by atoms with van der Waals surface area (Å²) in [5.74, 6) is 0. The topological polar surface area (TPSA) is 49.9 Å². The molecule has 1 aromatic rings. The Balaban J connectivity index is 2.19. The summed E-state index contributed by atoms with van der Waals surface area (Å²) in [6.07, 6.45) is -0.339. The lowest BCUT2D eigenvalue weighted by molar-refractivity contribution is -0.00403. The predicted molar refractivity (Wildman–Crippen MR) is 84.0 cm³/mol. The van der Waals surface area contributed by atoms with E-state index in [-0.39, 0.29) is 12.6 Å². The van der Waals surface area contributed by atoms with Gasteiger partial charge >= 0.3 is 0 Å². The van der Waals surface area contributed by atoms with Gasteiger partial charge in [-0.3, -0.25) is 0 Å². The van der Waals surface area contributed by atoms with E-state index in [9.17, 15) is 8.42 Å². The number of rotatable bonds is 4. The minimum Gasteiger partial charge on any atom is -0.371 e. The maximum absolute atomic E-state index is 12.4. The molecular weight excluding hydrogens is 335 g/mol. The molecule has 1 aliphatic heterocycles. The standard InChI is InChI=1S/C13H18Cl2N2O3S/c1-3-16(2)21(18,19)17-6-7-20-13(9-17)10-4-5-11(14)12(15)8-10/h4-5,8,13H,3,6-7,9H2,1-2H3/t13-/m0/s1. The lowest BCUT2D eigenvalue weighted by Crippen LogP contribution is -2.48. The largest absolute Gasteiger partial charge is 0.371 e. The highest BCUT2D eigenvalue weighted by atomic mass is 35.5. The highest BCUT2D eigenvalue weighted by Crippen LogP contribution is 2.29. The van der Waals surface area contributed by atoms with Crippen molar-refractivity contribution in [3.63, 3.8) is 0 Å². The number of nitrogens with zero attached hydrogens (tertiary/aromatic N) is 2. The highest BCUT2D eigenvalue weighted by Gasteiger charge is 2.32. The number of hydrogen-bond acceptors (Lipinski definition) is 3. The second-order valence-corrected chi connectivity index (χ2v) is 7.66. The van der Waals surface area contributed by atoms with Crippen LogP contribution in [0.5, 0.6) is 0 Å². The Labute approximate surface area is 135 Å². The first-order chi connectivity index (χ1) is 9.86. The maximum atomic E-state index is 12.4. The fourth-order valence-electron chi connectivity index (χ4n) is 2.11. The Morgan fingerprint density at radius 2 is 2.10 bits per heavy atom. The lowest BCUT2D eigenvalue weighted by Gasteiger charge is -2.34. The molecule has 0 radical (unpaired) electrons. The van der Waals surface area contributed by atoms with Crippen molar-refractivity contribution >= 4 is 33.4 Å². The third-order valence-corrected chi connectivity index (χ3v) is 6.28. The first kappa shape index (κ1) is 17.0. The highest BCUT2D eigenvalue weighted by molar-refractivity contribution is 7.86. The second kappa shape index (κ2) is 6.81. The lowest BCUT2D eigenvalue weighted by atomic mass is 10.1. The number of benzene rings is 1. The Morgan fingerprint density at radius 3 is 2.71 bits per heavy atom. The molecule has 0 spiro atoms. The van der Waals surface area contributed by atoms with Gasteiger partial charge in [-0.05, 0) is 17.7 Å². The molecule has 0 N–H and O–H groups in total. The van der Waals surface area contributed by atoms with E-state index in [1.165, 1.54) is 8.61 Å². The van der Waals surface area contributed by atoms with Crippen LogP contribution in [0, 0.1) is 0 Å². The molecule has 1 saturated heterocycles. The van der Waals surface area contributed by atoms with Crippen molar-refractivity contribution in [3.05, 3.63) is 33.8 Å².